The molecule has 3 saturated carbocycles. The SMILES string of the molecule is COc1ccc2nc(C3CC3)c3c(c2c1)[C@H](F)C[C@]1(C[C@H]2C(=O)C[C@]4(C(=O)NS(=O)(=O)C5(C)CC5)C[C@H]4/C=C\CCCCC[C@H](CC(=O)O[C@H](C)C(C)C)C(=O)N2C1)O3. The van der Waals surface area contributed by atoms with Crippen LogP contribution in [-0.2, 0) is 33.9 Å². The Labute approximate surface area is 346 Å². The molecule has 2 aromatic rings. The summed E-state index contributed by atoms with van der Waals surface area (Å²) in [6.07, 6.45) is 7.64. The van der Waals surface area contributed by atoms with Crippen molar-refractivity contribution in [3.8, 4) is 11.5 Å². The first-order valence-electron chi connectivity index (χ1n) is 21.6. The van der Waals surface area contributed by atoms with Gasteiger partial charge in [-0.1, -0.05) is 38.8 Å². The largest absolute Gasteiger partial charge is 0.497 e. The minimum atomic E-state index is -3.99. The number of allylic oxidation sites excluding steroid dienone is 2. The van der Waals surface area contributed by atoms with Crippen LogP contribution in [0.3, 0.4) is 0 Å². The number of hydrogen-bond donors (Lipinski definition) is 1. The third kappa shape index (κ3) is 7.99. The summed E-state index contributed by atoms with van der Waals surface area (Å²) >= 11 is 0. The van der Waals surface area contributed by atoms with Crippen LogP contribution in [0.1, 0.15) is 141 Å². The van der Waals surface area contributed by atoms with Gasteiger partial charge in [0.2, 0.25) is 21.8 Å². The van der Waals surface area contributed by atoms with Crippen LogP contribution < -0.4 is 14.2 Å². The lowest BCUT2D eigenvalue weighted by atomic mass is 9.84. The zero-order chi connectivity index (χ0) is 42.1. The van der Waals surface area contributed by atoms with Gasteiger partial charge >= 0.3 is 5.97 Å². The number of hydrogen-bond acceptors (Lipinski definition) is 10. The number of carbonyl (C=O) groups excluding carboxylic acids is 4. The van der Waals surface area contributed by atoms with E-state index in [4.69, 9.17) is 19.2 Å². The standard InChI is InChI=1S/C45H58FN3O9S/c1-26(2)27(3)57-37(51)19-29-11-9-7-6-8-10-12-30-21-45(30,42(53)48-59(54,55)43(4)17-18-43)24-36(50)35-23-44(25-49(35)41(29)52)22-33(46)38-32-20-31(56-5)15-16-34(32)47-39(28-13-14-28)40(38)58-44/h10,12,15-16,20,26-30,33,35H,6-9,11,13-14,17-19,21-25H2,1-5H3,(H,48,53)/b12-10-/t27-,29-,30-,33-,35+,44-,45-/m1/s1. The van der Waals surface area contributed by atoms with Gasteiger partial charge in [0.1, 0.15) is 29.4 Å². The number of Topliss-reactive ketones (excluding diaryl/α,β-unsaturated/α-hetero) is 1. The van der Waals surface area contributed by atoms with Gasteiger partial charge in [0, 0.05) is 42.0 Å². The molecule has 0 radical (unpaired) electrons. The highest BCUT2D eigenvalue weighted by molar-refractivity contribution is 7.91. The van der Waals surface area contributed by atoms with Crippen molar-refractivity contribution < 1.29 is 46.2 Å². The number of halogens is 1. The Morgan fingerprint density at radius 1 is 1.07 bits per heavy atom. The number of amides is 2. The van der Waals surface area contributed by atoms with E-state index in [-0.39, 0.29) is 62.5 Å². The number of fused-ring (bicyclic) bond motifs is 5. The van der Waals surface area contributed by atoms with Crippen molar-refractivity contribution in [2.75, 3.05) is 13.7 Å². The predicted octanol–water partition coefficient (Wildman–Crippen LogP) is 7.33. The van der Waals surface area contributed by atoms with Gasteiger partial charge in [0.05, 0.1) is 47.5 Å². The summed E-state index contributed by atoms with van der Waals surface area (Å²) in [5, 5.41) is 0.580. The fourth-order valence-corrected chi connectivity index (χ4v) is 10.7. The second-order valence-electron chi connectivity index (χ2n) is 18.9. The van der Waals surface area contributed by atoms with Crippen molar-refractivity contribution in [1.29, 1.82) is 0 Å². The Morgan fingerprint density at radius 3 is 2.53 bits per heavy atom. The molecule has 1 aromatic carbocycles. The first kappa shape index (κ1) is 41.7. The van der Waals surface area contributed by atoms with Gasteiger partial charge in [-0.25, -0.2) is 17.8 Å². The average Bonchev–Trinajstić information content (AvgIpc) is 4.12. The third-order valence-corrected chi connectivity index (χ3v) is 16.3. The number of methoxy groups -OCH3 is 1. The number of pyridine rings is 1. The van der Waals surface area contributed by atoms with Gasteiger partial charge in [0.15, 0.2) is 5.78 Å². The molecule has 59 heavy (non-hydrogen) atoms. The molecule has 1 spiro atoms. The minimum absolute atomic E-state index is 0.0339. The number of benzene rings is 1. The quantitative estimate of drug-likeness (QED) is 0.200. The monoisotopic (exact) mass is 835 g/mol. The second kappa shape index (κ2) is 15.4. The predicted molar refractivity (Wildman–Crippen MR) is 218 cm³/mol. The Bertz CT molecular complexity index is 2180. The van der Waals surface area contributed by atoms with Crippen LogP contribution in [0.25, 0.3) is 10.9 Å². The molecule has 8 rings (SSSR count). The molecule has 1 aromatic heterocycles. The van der Waals surface area contributed by atoms with Gasteiger partial charge in [-0.05, 0) is 95.2 Å². The lowest BCUT2D eigenvalue weighted by Crippen LogP contribution is -2.48. The zero-order valence-electron chi connectivity index (χ0n) is 34.9. The molecular weight excluding hydrogens is 778 g/mol. The van der Waals surface area contributed by atoms with E-state index < -0.39 is 67.5 Å². The second-order valence-corrected chi connectivity index (χ2v) is 21.1. The maximum Gasteiger partial charge on any atom is 0.306 e. The molecule has 0 unspecified atom stereocenters. The molecule has 3 aliphatic carbocycles. The molecule has 2 amide bonds. The van der Waals surface area contributed by atoms with Crippen LogP contribution in [-0.4, -0.2) is 78.0 Å². The van der Waals surface area contributed by atoms with E-state index in [0.717, 1.165) is 25.7 Å². The summed E-state index contributed by atoms with van der Waals surface area (Å²) in [6.45, 7) is 7.21. The summed E-state index contributed by atoms with van der Waals surface area (Å²) in [4.78, 5) is 63.8. The Hall–Kier alpha value is -4.07. The molecule has 14 heteroatoms. The normalized spacial score (nSPS) is 31.5. The summed E-state index contributed by atoms with van der Waals surface area (Å²) in [6, 6.07) is 4.26. The molecule has 4 fully saturated rings. The summed E-state index contributed by atoms with van der Waals surface area (Å²) in [5.41, 5.74) is -0.956. The molecule has 6 aliphatic rings. The number of alkyl halides is 1. The number of rotatable bonds is 9. The maximum atomic E-state index is 17.1. The molecular formula is C45H58FN3O9S. The highest BCUT2D eigenvalue weighted by Gasteiger charge is 2.64. The van der Waals surface area contributed by atoms with E-state index in [1.54, 1.807) is 26.2 Å². The maximum absolute atomic E-state index is 17.1. The number of ketones is 1. The van der Waals surface area contributed by atoms with Crippen molar-refractivity contribution >= 4 is 44.5 Å². The van der Waals surface area contributed by atoms with Crippen molar-refractivity contribution in [2.24, 2.45) is 23.2 Å². The molecule has 4 heterocycles. The van der Waals surface area contributed by atoms with Gasteiger partial charge in [-0.2, -0.15) is 0 Å². The van der Waals surface area contributed by atoms with Crippen molar-refractivity contribution in [3.63, 3.8) is 0 Å². The zero-order valence-corrected chi connectivity index (χ0v) is 35.7. The number of aromatic nitrogens is 1. The number of sulfonamides is 1. The van der Waals surface area contributed by atoms with Crippen molar-refractivity contribution in [3.05, 3.63) is 41.6 Å². The van der Waals surface area contributed by atoms with E-state index in [9.17, 15) is 27.6 Å². The van der Waals surface area contributed by atoms with Crippen LogP contribution >= 0.6 is 0 Å². The Kier molecular flexibility index (Phi) is 10.9. The van der Waals surface area contributed by atoms with Crippen molar-refractivity contribution in [2.45, 2.75) is 152 Å². The number of esters is 1. The molecule has 3 aliphatic heterocycles. The van der Waals surface area contributed by atoms with Gasteiger partial charge in [-0.15, -0.1) is 0 Å². The molecule has 1 saturated heterocycles. The lowest BCUT2D eigenvalue weighted by molar-refractivity contribution is -0.155. The van der Waals surface area contributed by atoms with Crippen molar-refractivity contribution in [1.82, 2.24) is 14.6 Å². The van der Waals surface area contributed by atoms with Crippen LogP contribution in [0.4, 0.5) is 4.39 Å². The van der Waals surface area contributed by atoms with E-state index in [1.807, 2.05) is 39.0 Å². The fraction of sp³-hybridized carbons (Fsp3) is 0.667. The van der Waals surface area contributed by atoms with Crippen LogP contribution in [0.2, 0.25) is 0 Å². The molecule has 1 N–H and O–H groups in total. The van der Waals surface area contributed by atoms with Gasteiger partial charge in [-0.3, -0.25) is 23.9 Å². The third-order valence-electron chi connectivity index (χ3n) is 14.1. The van der Waals surface area contributed by atoms with Crippen LogP contribution in [0.5, 0.6) is 11.5 Å². The van der Waals surface area contributed by atoms with Gasteiger partial charge < -0.3 is 19.1 Å². The fourth-order valence-electron chi connectivity index (χ4n) is 9.40. The number of nitrogens with zero attached hydrogens (tertiary/aromatic N) is 2. The molecule has 12 nitrogen and oxygen atoms in total. The molecule has 0 bridgehead atoms. The number of carbonyl (C=O) groups is 4. The topological polar surface area (TPSA) is 158 Å². The van der Waals surface area contributed by atoms with Gasteiger partial charge in [0.25, 0.3) is 0 Å². The number of ether oxygens (including phenoxy) is 3. The number of nitrogens with one attached hydrogen (secondary N) is 1. The summed E-state index contributed by atoms with van der Waals surface area (Å²) in [7, 11) is -2.45. The first-order chi connectivity index (χ1) is 28.0. The summed E-state index contributed by atoms with van der Waals surface area (Å²) < 4.78 is 63.2. The summed E-state index contributed by atoms with van der Waals surface area (Å²) in [5.74, 6) is -2.16. The highest BCUT2D eigenvalue weighted by atomic mass is 32.2. The van der Waals surface area contributed by atoms with E-state index >= 15 is 4.39 Å². The average molecular weight is 836 g/mol. The molecule has 320 valence electrons. The Morgan fingerprint density at radius 2 is 1.83 bits per heavy atom. The van der Waals surface area contributed by atoms with Crippen LogP contribution in [0.15, 0.2) is 30.4 Å². The first-order valence-corrected chi connectivity index (χ1v) is 23.1. The molecule has 7 atom stereocenters. The smallest absolute Gasteiger partial charge is 0.306 e. The van der Waals surface area contributed by atoms with E-state index in [0.29, 0.717) is 65.8 Å². The van der Waals surface area contributed by atoms with E-state index in [2.05, 4.69) is 4.72 Å². The van der Waals surface area contributed by atoms with Crippen LogP contribution in [0, 0.1) is 23.2 Å². The highest BCUT2D eigenvalue weighted by Crippen LogP contribution is 2.59. The lowest BCUT2D eigenvalue weighted by Gasteiger charge is -2.38. The minimum Gasteiger partial charge on any atom is -0.497 e. The van der Waals surface area contributed by atoms with E-state index in [1.165, 1.54) is 4.90 Å². The Balaban J connectivity index is 1.16.